The van der Waals surface area contributed by atoms with Crippen LogP contribution >= 0.6 is 31.9 Å². The van der Waals surface area contributed by atoms with Gasteiger partial charge in [0.2, 0.25) is 0 Å². The third-order valence-corrected chi connectivity index (χ3v) is 3.33. The molecule has 0 saturated heterocycles. The van der Waals surface area contributed by atoms with Crippen molar-refractivity contribution in [2.75, 3.05) is 5.73 Å². The van der Waals surface area contributed by atoms with E-state index in [2.05, 4.69) is 44.0 Å². The van der Waals surface area contributed by atoms with Crippen molar-refractivity contribution in [2.45, 2.75) is 0 Å². The zero-order valence-corrected chi connectivity index (χ0v) is 9.89. The van der Waals surface area contributed by atoms with E-state index in [1.807, 2.05) is 18.2 Å². The molecule has 2 rings (SSSR count). The van der Waals surface area contributed by atoms with Crippen LogP contribution in [0.3, 0.4) is 0 Å². The molecule has 0 aliphatic heterocycles. The maximum Gasteiger partial charge on any atom is 0.0483 e. The van der Waals surface area contributed by atoms with Gasteiger partial charge in [0.25, 0.3) is 0 Å². The summed E-state index contributed by atoms with van der Waals surface area (Å²) in [6, 6.07) is 10.0. The van der Waals surface area contributed by atoms with Gasteiger partial charge < -0.3 is 5.73 Å². The molecule has 1 nitrogen and oxygen atoms in total. The third-order valence-electron chi connectivity index (χ3n) is 1.95. The van der Waals surface area contributed by atoms with Gasteiger partial charge in [-0.2, -0.15) is 0 Å². The molecular formula is C10H7Br2N. The number of hydrogen-bond donors (Lipinski definition) is 1. The summed E-state index contributed by atoms with van der Waals surface area (Å²) >= 11 is 6.90. The molecule has 0 heterocycles. The van der Waals surface area contributed by atoms with Gasteiger partial charge in [0.05, 0.1) is 0 Å². The number of nitrogen functional groups attached to an aromatic ring is 1. The Labute approximate surface area is 93.2 Å². The van der Waals surface area contributed by atoms with Gasteiger partial charge >= 0.3 is 0 Å². The fourth-order valence-electron chi connectivity index (χ4n) is 1.27. The monoisotopic (exact) mass is 299 g/mol. The molecule has 0 aliphatic rings. The van der Waals surface area contributed by atoms with Crippen LogP contribution in [0.15, 0.2) is 39.3 Å². The SMILES string of the molecule is Nc1ccc2ccc(Br)cc2c1Br. The van der Waals surface area contributed by atoms with Gasteiger partial charge in [0.1, 0.15) is 0 Å². The van der Waals surface area contributed by atoms with Gasteiger partial charge in [-0.25, -0.2) is 0 Å². The van der Waals surface area contributed by atoms with E-state index in [9.17, 15) is 0 Å². The van der Waals surface area contributed by atoms with E-state index in [0.29, 0.717) is 0 Å². The van der Waals surface area contributed by atoms with Crippen molar-refractivity contribution in [3.8, 4) is 0 Å². The normalized spacial score (nSPS) is 10.6. The van der Waals surface area contributed by atoms with E-state index < -0.39 is 0 Å². The quantitative estimate of drug-likeness (QED) is 0.733. The molecule has 0 bridgehead atoms. The minimum absolute atomic E-state index is 0.769. The summed E-state index contributed by atoms with van der Waals surface area (Å²) in [7, 11) is 0. The molecule has 13 heavy (non-hydrogen) atoms. The van der Waals surface area contributed by atoms with Gasteiger partial charge in [0, 0.05) is 14.6 Å². The molecule has 0 saturated carbocycles. The topological polar surface area (TPSA) is 26.0 Å². The summed E-state index contributed by atoms with van der Waals surface area (Å²) in [4.78, 5) is 0. The van der Waals surface area contributed by atoms with Gasteiger partial charge in [-0.1, -0.05) is 28.1 Å². The number of fused-ring (bicyclic) bond motifs is 1. The maximum absolute atomic E-state index is 5.77. The van der Waals surface area contributed by atoms with Crippen LogP contribution in [0, 0.1) is 0 Å². The highest BCUT2D eigenvalue weighted by Gasteiger charge is 2.01. The molecule has 0 spiro atoms. The lowest BCUT2D eigenvalue weighted by atomic mass is 10.1. The lowest BCUT2D eigenvalue weighted by Crippen LogP contribution is -1.86. The standard InChI is InChI=1S/C10H7Br2N/c11-7-3-1-6-2-4-9(13)10(12)8(6)5-7/h1-5H,13H2. The zero-order valence-electron chi connectivity index (χ0n) is 6.72. The van der Waals surface area contributed by atoms with E-state index >= 15 is 0 Å². The van der Waals surface area contributed by atoms with Crippen LogP contribution in [0.4, 0.5) is 5.69 Å². The first-order valence-corrected chi connectivity index (χ1v) is 5.40. The van der Waals surface area contributed by atoms with Gasteiger partial charge in [-0.05, 0) is 44.9 Å². The van der Waals surface area contributed by atoms with Crippen LogP contribution in [0.25, 0.3) is 10.8 Å². The Bertz CT molecular complexity index is 460. The van der Waals surface area contributed by atoms with Crippen LogP contribution in [0.5, 0.6) is 0 Å². The Balaban J connectivity index is 2.89. The predicted molar refractivity (Wildman–Crippen MR) is 63.8 cm³/mol. The Morgan fingerprint density at radius 3 is 2.46 bits per heavy atom. The van der Waals surface area contributed by atoms with Crippen molar-refractivity contribution in [1.29, 1.82) is 0 Å². The average Bonchev–Trinajstić information content (AvgIpc) is 2.12. The third kappa shape index (κ3) is 1.58. The van der Waals surface area contributed by atoms with Crippen LogP contribution in [0.1, 0.15) is 0 Å². The zero-order chi connectivity index (χ0) is 9.42. The Kier molecular flexibility index (Phi) is 2.30. The molecule has 2 N–H and O–H groups in total. The van der Waals surface area contributed by atoms with E-state index in [-0.39, 0.29) is 0 Å². The number of rotatable bonds is 0. The fraction of sp³-hybridized carbons (Fsp3) is 0. The lowest BCUT2D eigenvalue weighted by Gasteiger charge is -2.03. The van der Waals surface area contributed by atoms with Crippen molar-refractivity contribution < 1.29 is 0 Å². The Morgan fingerprint density at radius 2 is 1.69 bits per heavy atom. The molecule has 3 heteroatoms. The Morgan fingerprint density at radius 1 is 1.00 bits per heavy atom. The molecule has 0 atom stereocenters. The Hall–Kier alpha value is -0.540. The number of hydrogen-bond acceptors (Lipinski definition) is 1. The summed E-state index contributed by atoms with van der Waals surface area (Å²) in [5, 5.41) is 2.32. The van der Waals surface area contributed by atoms with Crippen LogP contribution in [-0.2, 0) is 0 Å². The van der Waals surface area contributed by atoms with E-state index in [4.69, 9.17) is 5.73 Å². The molecular weight excluding hydrogens is 294 g/mol. The largest absolute Gasteiger partial charge is 0.398 e. The average molecular weight is 301 g/mol. The highest BCUT2D eigenvalue weighted by molar-refractivity contribution is 9.11. The van der Waals surface area contributed by atoms with Gasteiger partial charge in [-0.15, -0.1) is 0 Å². The summed E-state index contributed by atoms with van der Waals surface area (Å²) in [5.41, 5.74) is 6.54. The molecule has 0 radical (unpaired) electrons. The van der Waals surface area contributed by atoms with Crippen LogP contribution < -0.4 is 5.73 Å². The minimum atomic E-state index is 0.769. The first kappa shape index (κ1) is 9.03. The number of halogens is 2. The number of benzene rings is 2. The van der Waals surface area contributed by atoms with Crippen molar-refractivity contribution in [3.63, 3.8) is 0 Å². The van der Waals surface area contributed by atoms with E-state index in [1.165, 1.54) is 5.39 Å². The van der Waals surface area contributed by atoms with Crippen LogP contribution in [-0.4, -0.2) is 0 Å². The summed E-state index contributed by atoms with van der Waals surface area (Å²) in [6.45, 7) is 0. The summed E-state index contributed by atoms with van der Waals surface area (Å²) in [6.07, 6.45) is 0. The smallest absolute Gasteiger partial charge is 0.0483 e. The van der Waals surface area contributed by atoms with Crippen molar-refractivity contribution in [1.82, 2.24) is 0 Å². The van der Waals surface area contributed by atoms with Crippen LogP contribution in [0.2, 0.25) is 0 Å². The second-order valence-electron chi connectivity index (χ2n) is 2.83. The fourth-order valence-corrected chi connectivity index (χ4v) is 2.11. The second-order valence-corrected chi connectivity index (χ2v) is 4.54. The molecule has 0 unspecified atom stereocenters. The highest BCUT2D eigenvalue weighted by atomic mass is 79.9. The number of anilines is 1. The molecule has 66 valence electrons. The predicted octanol–water partition coefficient (Wildman–Crippen LogP) is 3.95. The molecule has 2 aromatic rings. The van der Waals surface area contributed by atoms with Crippen molar-refractivity contribution in [2.24, 2.45) is 0 Å². The number of nitrogens with two attached hydrogens (primary N) is 1. The summed E-state index contributed by atoms with van der Waals surface area (Å²) in [5.74, 6) is 0. The first-order valence-electron chi connectivity index (χ1n) is 3.82. The lowest BCUT2D eigenvalue weighted by molar-refractivity contribution is 1.66. The molecule has 0 aliphatic carbocycles. The highest BCUT2D eigenvalue weighted by Crippen LogP contribution is 2.31. The molecule has 0 aromatic heterocycles. The molecule has 0 fully saturated rings. The second kappa shape index (κ2) is 3.31. The van der Waals surface area contributed by atoms with Gasteiger partial charge in [0.15, 0.2) is 0 Å². The summed E-state index contributed by atoms with van der Waals surface area (Å²) < 4.78 is 2.03. The van der Waals surface area contributed by atoms with E-state index in [0.717, 1.165) is 20.0 Å². The maximum atomic E-state index is 5.77. The van der Waals surface area contributed by atoms with Gasteiger partial charge in [-0.3, -0.25) is 0 Å². The first-order chi connectivity index (χ1) is 6.18. The van der Waals surface area contributed by atoms with E-state index in [1.54, 1.807) is 0 Å². The minimum Gasteiger partial charge on any atom is -0.398 e. The van der Waals surface area contributed by atoms with Crippen molar-refractivity contribution in [3.05, 3.63) is 39.3 Å². The van der Waals surface area contributed by atoms with Crippen molar-refractivity contribution >= 4 is 48.3 Å². The molecule has 0 amide bonds. The molecule has 2 aromatic carbocycles.